The molecule has 3 aromatic rings. The maximum Gasteiger partial charge on any atom is 0.189 e. The third kappa shape index (κ3) is 4.06. The first-order chi connectivity index (χ1) is 12.8. The smallest absolute Gasteiger partial charge is 0.189 e. The normalized spacial score (nSPS) is 15.3. The predicted octanol–water partition coefficient (Wildman–Crippen LogP) is 3.64. The molecule has 1 aliphatic heterocycles. The molecule has 0 N–H and O–H groups in total. The number of thiazole rings is 1. The van der Waals surface area contributed by atoms with E-state index in [2.05, 4.69) is 49.4 Å². The van der Waals surface area contributed by atoms with Gasteiger partial charge in [0.15, 0.2) is 5.16 Å². The van der Waals surface area contributed by atoms with E-state index in [4.69, 9.17) is 4.98 Å². The molecule has 3 heterocycles. The Labute approximate surface area is 162 Å². The first-order valence-corrected chi connectivity index (χ1v) is 10.8. The van der Waals surface area contributed by atoms with E-state index in [-0.39, 0.29) is 0 Å². The first kappa shape index (κ1) is 17.5. The summed E-state index contributed by atoms with van der Waals surface area (Å²) >= 11 is 3.33. The number of aromatic nitrogens is 3. The summed E-state index contributed by atoms with van der Waals surface area (Å²) in [4.78, 5) is 18.5. The zero-order chi connectivity index (χ0) is 17.8. The Morgan fingerprint density at radius 1 is 1.04 bits per heavy atom. The molecule has 0 unspecified atom stereocenters. The summed E-state index contributed by atoms with van der Waals surface area (Å²) in [6.07, 6.45) is 3.86. The van der Waals surface area contributed by atoms with Crippen LogP contribution in [0.15, 0.2) is 53.1 Å². The van der Waals surface area contributed by atoms with Gasteiger partial charge in [-0.2, -0.15) is 0 Å². The average Bonchev–Trinajstić information content (AvgIpc) is 3.18. The van der Waals surface area contributed by atoms with Crippen molar-refractivity contribution in [2.45, 2.75) is 11.7 Å². The molecular weight excluding hydrogens is 362 g/mol. The first-order valence-electron chi connectivity index (χ1n) is 8.66. The van der Waals surface area contributed by atoms with Crippen LogP contribution >= 0.6 is 23.1 Å². The largest absolute Gasteiger partial charge is 0.354 e. The Morgan fingerprint density at radius 3 is 2.62 bits per heavy atom. The van der Waals surface area contributed by atoms with E-state index in [1.807, 2.05) is 24.6 Å². The highest BCUT2D eigenvalue weighted by molar-refractivity contribution is 7.98. The Bertz CT molecular complexity index is 844. The van der Waals surface area contributed by atoms with Gasteiger partial charge < -0.3 is 4.90 Å². The molecule has 0 saturated carbocycles. The van der Waals surface area contributed by atoms with Gasteiger partial charge in [-0.1, -0.05) is 42.1 Å². The van der Waals surface area contributed by atoms with Gasteiger partial charge in [-0.05, 0) is 12.3 Å². The molecule has 0 spiro atoms. The summed E-state index contributed by atoms with van der Waals surface area (Å²) in [5, 5.41) is 4.18. The van der Waals surface area contributed by atoms with Gasteiger partial charge in [-0.15, -0.1) is 11.3 Å². The fourth-order valence-electron chi connectivity index (χ4n) is 3.06. The van der Waals surface area contributed by atoms with Crippen molar-refractivity contribution in [2.75, 3.05) is 37.3 Å². The zero-order valence-corrected chi connectivity index (χ0v) is 16.3. The van der Waals surface area contributed by atoms with E-state index < -0.39 is 0 Å². The van der Waals surface area contributed by atoms with Crippen LogP contribution in [0.3, 0.4) is 0 Å². The number of hydrogen-bond donors (Lipinski definition) is 0. The van der Waals surface area contributed by atoms with Crippen LogP contribution in [0.1, 0.15) is 5.01 Å². The molecule has 0 atom stereocenters. The number of piperazine rings is 1. The number of rotatable bonds is 5. The van der Waals surface area contributed by atoms with E-state index in [1.165, 1.54) is 10.6 Å². The van der Waals surface area contributed by atoms with Crippen LogP contribution in [-0.2, 0) is 6.54 Å². The van der Waals surface area contributed by atoms with Gasteiger partial charge >= 0.3 is 0 Å². The second-order valence-electron chi connectivity index (χ2n) is 6.16. The van der Waals surface area contributed by atoms with E-state index in [0.717, 1.165) is 49.4 Å². The minimum absolute atomic E-state index is 0.834. The van der Waals surface area contributed by atoms with E-state index in [1.54, 1.807) is 23.1 Å². The van der Waals surface area contributed by atoms with Crippen molar-refractivity contribution in [3.05, 3.63) is 53.0 Å². The summed E-state index contributed by atoms with van der Waals surface area (Å²) in [7, 11) is 0. The molecule has 0 amide bonds. The van der Waals surface area contributed by atoms with E-state index >= 15 is 0 Å². The number of nitrogens with zero attached hydrogens (tertiary/aromatic N) is 5. The molecule has 1 aromatic carbocycles. The van der Waals surface area contributed by atoms with Crippen molar-refractivity contribution < 1.29 is 0 Å². The Kier molecular flexibility index (Phi) is 5.48. The molecule has 2 aromatic heterocycles. The van der Waals surface area contributed by atoms with Crippen LogP contribution in [0.2, 0.25) is 0 Å². The molecular formula is C19H21N5S2. The molecule has 0 bridgehead atoms. The van der Waals surface area contributed by atoms with Crippen LogP contribution in [-0.4, -0.2) is 52.3 Å². The predicted molar refractivity (Wildman–Crippen MR) is 109 cm³/mol. The van der Waals surface area contributed by atoms with Crippen LogP contribution in [0.4, 0.5) is 5.82 Å². The van der Waals surface area contributed by atoms with Gasteiger partial charge in [0.25, 0.3) is 0 Å². The lowest BCUT2D eigenvalue weighted by Crippen LogP contribution is -2.46. The molecule has 26 heavy (non-hydrogen) atoms. The number of thioether (sulfide) groups is 1. The standard InChI is InChI=1S/C19H21N5S2/c1-25-19-20-8-7-17(22-19)24-11-9-23(10-12-24)13-18-21-16(14-26-18)15-5-3-2-4-6-15/h2-8,14H,9-13H2,1H3. The topological polar surface area (TPSA) is 45.2 Å². The summed E-state index contributed by atoms with van der Waals surface area (Å²) in [5.41, 5.74) is 2.27. The monoisotopic (exact) mass is 383 g/mol. The Hall–Kier alpha value is -1.96. The quantitative estimate of drug-likeness (QED) is 0.495. The zero-order valence-electron chi connectivity index (χ0n) is 14.7. The van der Waals surface area contributed by atoms with Crippen LogP contribution in [0.25, 0.3) is 11.3 Å². The SMILES string of the molecule is CSc1nccc(N2CCN(Cc3nc(-c4ccccc4)cs3)CC2)n1. The summed E-state index contributed by atoms with van der Waals surface area (Å²) in [6, 6.07) is 12.4. The summed E-state index contributed by atoms with van der Waals surface area (Å²) < 4.78 is 0. The van der Waals surface area contributed by atoms with Crippen molar-refractivity contribution >= 4 is 28.9 Å². The van der Waals surface area contributed by atoms with Crippen LogP contribution in [0, 0.1) is 0 Å². The molecule has 7 heteroatoms. The molecule has 0 radical (unpaired) electrons. The molecule has 5 nitrogen and oxygen atoms in total. The van der Waals surface area contributed by atoms with Gasteiger partial charge in [-0.3, -0.25) is 4.90 Å². The highest BCUT2D eigenvalue weighted by atomic mass is 32.2. The lowest BCUT2D eigenvalue weighted by molar-refractivity contribution is 0.249. The third-order valence-corrected chi connectivity index (χ3v) is 5.87. The van der Waals surface area contributed by atoms with Gasteiger partial charge in [0.1, 0.15) is 10.8 Å². The molecule has 1 aliphatic rings. The number of anilines is 1. The van der Waals surface area contributed by atoms with Gasteiger partial charge in [0.2, 0.25) is 0 Å². The third-order valence-electron chi connectivity index (χ3n) is 4.48. The highest BCUT2D eigenvalue weighted by Crippen LogP contribution is 2.23. The maximum atomic E-state index is 4.81. The Balaban J connectivity index is 1.35. The van der Waals surface area contributed by atoms with Gasteiger partial charge in [0, 0.05) is 43.3 Å². The molecule has 1 saturated heterocycles. The lowest BCUT2D eigenvalue weighted by Gasteiger charge is -2.34. The van der Waals surface area contributed by atoms with Crippen molar-refractivity contribution in [1.82, 2.24) is 19.9 Å². The second-order valence-corrected chi connectivity index (χ2v) is 7.87. The fraction of sp³-hybridized carbons (Fsp3) is 0.316. The molecule has 4 rings (SSSR count). The van der Waals surface area contributed by atoms with E-state index in [0.29, 0.717) is 0 Å². The van der Waals surface area contributed by atoms with Crippen molar-refractivity contribution in [2.24, 2.45) is 0 Å². The van der Waals surface area contributed by atoms with Gasteiger partial charge in [-0.25, -0.2) is 15.0 Å². The Morgan fingerprint density at radius 2 is 1.85 bits per heavy atom. The maximum absolute atomic E-state index is 4.81. The van der Waals surface area contributed by atoms with Gasteiger partial charge in [0.05, 0.1) is 12.2 Å². The second kappa shape index (κ2) is 8.16. The average molecular weight is 384 g/mol. The van der Waals surface area contributed by atoms with Crippen LogP contribution in [0.5, 0.6) is 0 Å². The summed E-state index contributed by atoms with van der Waals surface area (Å²) in [6.45, 7) is 4.95. The molecule has 0 aliphatic carbocycles. The van der Waals surface area contributed by atoms with Crippen molar-refractivity contribution in [1.29, 1.82) is 0 Å². The molecule has 134 valence electrons. The minimum atomic E-state index is 0.834. The summed E-state index contributed by atoms with van der Waals surface area (Å²) in [5.74, 6) is 1.03. The highest BCUT2D eigenvalue weighted by Gasteiger charge is 2.19. The van der Waals surface area contributed by atoms with E-state index in [9.17, 15) is 0 Å². The minimum Gasteiger partial charge on any atom is -0.354 e. The fourth-order valence-corrected chi connectivity index (χ4v) is 4.25. The lowest BCUT2D eigenvalue weighted by atomic mass is 10.2. The molecule has 1 fully saturated rings. The number of hydrogen-bond acceptors (Lipinski definition) is 7. The van der Waals surface area contributed by atoms with Crippen molar-refractivity contribution in [3.63, 3.8) is 0 Å². The van der Waals surface area contributed by atoms with Crippen molar-refractivity contribution in [3.8, 4) is 11.3 Å². The number of benzene rings is 1. The van der Waals surface area contributed by atoms with Crippen LogP contribution < -0.4 is 4.90 Å².